The van der Waals surface area contributed by atoms with Crippen LogP contribution in [0.4, 0.5) is 0 Å². The minimum atomic E-state index is -0.142. The lowest BCUT2D eigenvalue weighted by molar-refractivity contribution is 0.0951. The van der Waals surface area contributed by atoms with Crippen molar-refractivity contribution >= 4 is 5.78 Å². The van der Waals surface area contributed by atoms with E-state index in [0.29, 0.717) is 24.5 Å². The summed E-state index contributed by atoms with van der Waals surface area (Å²) in [5, 5.41) is 3.33. The van der Waals surface area contributed by atoms with E-state index < -0.39 is 0 Å². The average Bonchev–Trinajstić information content (AvgIpc) is 2.54. The lowest BCUT2D eigenvalue weighted by atomic mass is 9.85. The highest BCUT2D eigenvalue weighted by Crippen LogP contribution is 2.30. The number of nitrogens with one attached hydrogen (secondary N) is 1. The second kappa shape index (κ2) is 6.10. The van der Waals surface area contributed by atoms with E-state index in [-0.39, 0.29) is 11.7 Å². The second-order valence-corrected chi connectivity index (χ2v) is 5.18. The molecule has 21 heavy (non-hydrogen) atoms. The van der Waals surface area contributed by atoms with E-state index in [1.165, 1.54) is 5.56 Å². The predicted molar refractivity (Wildman–Crippen MR) is 82.8 cm³/mol. The normalized spacial score (nSPS) is 17.1. The Labute approximate surface area is 124 Å². The molecule has 3 nitrogen and oxygen atoms in total. The fourth-order valence-electron chi connectivity index (χ4n) is 2.87. The third-order valence-corrected chi connectivity index (χ3v) is 3.86. The number of ketones is 1. The Bertz CT molecular complexity index is 651. The van der Waals surface area contributed by atoms with Gasteiger partial charge in [0.25, 0.3) is 0 Å². The van der Waals surface area contributed by atoms with E-state index in [0.717, 1.165) is 12.1 Å². The van der Waals surface area contributed by atoms with E-state index in [1.807, 2.05) is 43.3 Å². The minimum absolute atomic E-state index is 0.124. The number of carbonyl (C=O) groups excluding carboxylic acids is 1. The molecule has 0 radical (unpaired) electrons. The fraction of sp³-hybridized carbons (Fsp3) is 0.278. The molecule has 3 rings (SSSR count). The zero-order chi connectivity index (χ0) is 14.7. The van der Waals surface area contributed by atoms with Crippen molar-refractivity contribution in [2.75, 3.05) is 13.2 Å². The molecular formula is C18H19NO2. The van der Waals surface area contributed by atoms with Gasteiger partial charge in [-0.1, -0.05) is 36.4 Å². The number of ether oxygens (including phenoxy) is 1. The molecule has 0 fully saturated rings. The van der Waals surface area contributed by atoms with Gasteiger partial charge in [-0.15, -0.1) is 0 Å². The summed E-state index contributed by atoms with van der Waals surface area (Å²) in [6.45, 7) is 3.99. The SMILES string of the molecule is CCOc1ccccc1C(=O)C1CNCc2ccccc21. The van der Waals surface area contributed by atoms with Crippen LogP contribution in [0.1, 0.15) is 34.3 Å². The molecule has 0 aromatic heterocycles. The summed E-state index contributed by atoms with van der Waals surface area (Å²) < 4.78 is 5.60. The van der Waals surface area contributed by atoms with Crippen LogP contribution < -0.4 is 10.1 Å². The molecule has 2 aromatic rings. The van der Waals surface area contributed by atoms with Gasteiger partial charge in [0.15, 0.2) is 5.78 Å². The molecule has 0 bridgehead atoms. The zero-order valence-electron chi connectivity index (χ0n) is 12.1. The number of hydrogen-bond donors (Lipinski definition) is 1. The van der Waals surface area contributed by atoms with Gasteiger partial charge in [0.1, 0.15) is 5.75 Å². The van der Waals surface area contributed by atoms with Crippen molar-refractivity contribution < 1.29 is 9.53 Å². The van der Waals surface area contributed by atoms with Crippen LogP contribution in [0.2, 0.25) is 0 Å². The highest BCUT2D eigenvalue weighted by Gasteiger charge is 2.28. The standard InChI is InChI=1S/C18H19NO2/c1-2-21-17-10-6-5-9-15(17)18(20)16-12-19-11-13-7-3-4-8-14(13)16/h3-10,16,19H,2,11-12H2,1H3. The van der Waals surface area contributed by atoms with Gasteiger partial charge in [-0.3, -0.25) is 4.79 Å². The van der Waals surface area contributed by atoms with Gasteiger partial charge in [0.2, 0.25) is 0 Å². The molecule has 1 unspecified atom stereocenters. The van der Waals surface area contributed by atoms with Crippen LogP contribution in [0, 0.1) is 0 Å². The fourth-order valence-corrected chi connectivity index (χ4v) is 2.87. The Hall–Kier alpha value is -2.13. The molecule has 108 valence electrons. The monoisotopic (exact) mass is 281 g/mol. The van der Waals surface area contributed by atoms with Gasteiger partial charge in [-0.05, 0) is 30.2 Å². The first-order valence-electron chi connectivity index (χ1n) is 7.35. The summed E-state index contributed by atoms with van der Waals surface area (Å²) in [5.41, 5.74) is 3.01. The minimum Gasteiger partial charge on any atom is -0.493 e. The Balaban J connectivity index is 1.97. The number of rotatable bonds is 4. The molecule has 0 saturated heterocycles. The summed E-state index contributed by atoms with van der Waals surface area (Å²) in [7, 11) is 0. The van der Waals surface area contributed by atoms with Crippen molar-refractivity contribution in [1.29, 1.82) is 0 Å². The van der Waals surface area contributed by atoms with Crippen LogP contribution in [0.25, 0.3) is 0 Å². The summed E-state index contributed by atoms with van der Waals surface area (Å²) in [4.78, 5) is 12.9. The molecule has 1 N–H and O–H groups in total. The van der Waals surface area contributed by atoms with Crippen LogP contribution in [0.3, 0.4) is 0 Å². The van der Waals surface area contributed by atoms with E-state index >= 15 is 0 Å². The van der Waals surface area contributed by atoms with Crippen molar-refractivity contribution in [3.05, 3.63) is 65.2 Å². The van der Waals surface area contributed by atoms with Crippen molar-refractivity contribution in [1.82, 2.24) is 5.32 Å². The number of hydrogen-bond acceptors (Lipinski definition) is 3. The quantitative estimate of drug-likeness (QED) is 0.875. The van der Waals surface area contributed by atoms with Crippen LogP contribution in [-0.4, -0.2) is 18.9 Å². The van der Waals surface area contributed by atoms with Crippen molar-refractivity contribution in [2.24, 2.45) is 0 Å². The van der Waals surface area contributed by atoms with Crippen LogP contribution in [0.15, 0.2) is 48.5 Å². The number of fused-ring (bicyclic) bond motifs is 1. The lowest BCUT2D eigenvalue weighted by Crippen LogP contribution is -2.32. The summed E-state index contributed by atoms with van der Waals surface area (Å²) in [5.74, 6) is 0.656. The molecule has 1 aliphatic rings. The van der Waals surface area contributed by atoms with Gasteiger partial charge in [0, 0.05) is 13.1 Å². The average molecular weight is 281 g/mol. The molecule has 1 heterocycles. The number of Topliss-reactive ketones (excluding diaryl/α,β-unsaturated/α-hetero) is 1. The first-order chi connectivity index (χ1) is 10.3. The molecule has 3 heteroatoms. The summed E-state index contributed by atoms with van der Waals surface area (Å²) >= 11 is 0. The molecule has 1 aliphatic heterocycles. The van der Waals surface area contributed by atoms with Crippen molar-refractivity contribution in [3.8, 4) is 5.75 Å². The van der Waals surface area contributed by atoms with Crippen LogP contribution >= 0.6 is 0 Å². The van der Waals surface area contributed by atoms with E-state index in [4.69, 9.17) is 4.74 Å². The van der Waals surface area contributed by atoms with Crippen molar-refractivity contribution in [3.63, 3.8) is 0 Å². The van der Waals surface area contributed by atoms with Gasteiger partial charge < -0.3 is 10.1 Å². The van der Waals surface area contributed by atoms with Crippen LogP contribution in [-0.2, 0) is 6.54 Å². The molecule has 0 amide bonds. The largest absolute Gasteiger partial charge is 0.493 e. The maximum Gasteiger partial charge on any atom is 0.175 e. The summed E-state index contributed by atoms with van der Waals surface area (Å²) in [6.07, 6.45) is 0. The third-order valence-electron chi connectivity index (χ3n) is 3.86. The first kappa shape index (κ1) is 13.8. The van der Waals surface area contributed by atoms with E-state index in [1.54, 1.807) is 0 Å². The van der Waals surface area contributed by atoms with Gasteiger partial charge in [-0.2, -0.15) is 0 Å². The van der Waals surface area contributed by atoms with Crippen molar-refractivity contribution in [2.45, 2.75) is 19.4 Å². The lowest BCUT2D eigenvalue weighted by Gasteiger charge is -2.26. The Morgan fingerprint density at radius 2 is 1.95 bits per heavy atom. The Kier molecular flexibility index (Phi) is 4.02. The molecule has 1 atom stereocenters. The highest BCUT2D eigenvalue weighted by atomic mass is 16.5. The smallest absolute Gasteiger partial charge is 0.175 e. The molecular weight excluding hydrogens is 262 g/mol. The van der Waals surface area contributed by atoms with Gasteiger partial charge in [0.05, 0.1) is 18.1 Å². The van der Waals surface area contributed by atoms with Gasteiger partial charge >= 0.3 is 0 Å². The van der Waals surface area contributed by atoms with Crippen LogP contribution in [0.5, 0.6) is 5.75 Å². The molecule has 2 aromatic carbocycles. The first-order valence-corrected chi connectivity index (χ1v) is 7.35. The zero-order valence-corrected chi connectivity index (χ0v) is 12.1. The predicted octanol–water partition coefficient (Wildman–Crippen LogP) is 3.16. The van der Waals surface area contributed by atoms with E-state index in [9.17, 15) is 4.79 Å². The maximum absolute atomic E-state index is 12.9. The number of carbonyl (C=O) groups is 1. The number of para-hydroxylation sites is 1. The number of benzene rings is 2. The Morgan fingerprint density at radius 1 is 1.19 bits per heavy atom. The van der Waals surface area contributed by atoms with E-state index in [2.05, 4.69) is 17.4 Å². The third kappa shape index (κ3) is 2.69. The molecule has 0 saturated carbocycles. The topological polar surface area (TPSA) is 38.3 Å². The summed E-state index contributed by atoms with van der Waals surface area (Å²) in [6, 6.07) is 15.6. The highest BCUT2D eigenvalue weighted by molar-refractivity contribution is 6.03. The second-order valence-electron chi connectivity index (χ2n) is 5.18. The van der Waals surface area contributed by atoms with Gasteiger partial charge in [-0.25, -0.2) is 0 Å². The molecule has 0 aliphatic carbocycles. The maximum atomic E-state index is 12.9. The molecule has 0 spiro atoms. The Morgan fingerprint density at radius 3 is 2.81 bits per heavy atom.